The minimum atomic E-state index is -0.762. The molecule has 4 rings (SSSR count). The minimum absolute atomic E-state index is 0.0810. The monoisotopic (exact) mass is 338 g/mol. The standard InChI is InChI=1S/C20H22N2O3/c1-4-13-8-10-14(11-9-13)22-19(23)21-16-12-20(22,2)25-18-15(16)6-5-7-17(18)24-3/h5-11,16H,4,12H2,1-3H3,(H,21,23). The van der Waals surface area contributed by atoms with Gasteiger partial charge in [0.15, 0.2) is 17.2 Å². The molecule has 130 valence electrons. The SMILES string of the molecule is CCc1ccc(N2C(=O)NC3CC2(C)Oc2c(OC)cccc23)cc1. The first-order valence-electron chi connectivity index (χ1n) is 8.61. The summed E-state index contributed by atoms with van der Waals surface area (Å²) in [4.78, 5) is 14.5. The van der Waals surface area contributed by atoms with E-state index < -0.39 is 5.72 Å². The fourth-order valence-electron chi connectivity index (χ4n) is 3.79. The van der Waals surface area contributed by atoms with Gasteiger partial charge in [-0.25, -0.2) is 4.79 Å². The van der Waals surface area contributed by atoms with Crippen molar-refractivity contribution >= 4 is 11.7 Å². The number of urea groups is 1. The Morgan fingerprint density at radius 2 is 2.04 bits per heavy atom. The molecule has 2 aromatic rings. The van der Waals surface area contributed by atoms with Gasteiger partial charge in [-0.1, -0.05) is 31.2 Å². The van der Waals surface area contributed by atoms with Gasteiger partial charge in [0.2, 0.25) is 0 Å². The maximum Gasteiger partial charge on any atom is 0.325 e. The van der Waals surface area contributed by atoms with Crippen LogP contribution in [0.2, 0.25) is 0 Å². The molecule has 2 bridgehead atoms. The fourth-order valence-corrected chi connectivity index (χ4v) is 3.79. The first-order valence-corrected chi connectivity index (χ1v) is 8.61. The van der Waals surface area contributed by atoms with Crippen LogP contribution in [-0.4, -0.2) is 18.9 Å². The van der Waals surface area contributed by atoms with Crippen molar-refractivity contribution in [3.8, 4) is 11.5 Å². The van der Waals surface area contributed by atoms with Gasteiger partial charge in [-0.05, 0) is 37.1 Å². The molecule has 2 aromatic carbocycles. The van der Waals surface area contributed by atoms with Crippen LogP contribution in [0.3, 0.4) is 0 Å². The molecule has 5 nitrogen and oxygen atoms in total. The van der Waals surface area contributed by atoms with Crippen LogP contribution in [0, 0.1) is 0 Å². The highest BCUT2D eigenvalue weighted by molar-refractivity contribution is 5.95. The van der Waals surface area contributed by atoms with Crippen LogP contribution in [-0.2, 0) is 6.42 Å². The zero-order valence-electron chi connectivity index (χ0n) is 14.7. The molecule has 0 spiro atoms. The summed E-state index contributed by atoms with van der Waals surface area (Å²) in [7, 11) is 1.63. The summed E-state index contributed by atoms with van der Waals surface area (Å²) in [5, 5.41) is 3.11. The molecule has 2 unspecified atom stereocenters. The Bertz CT molecular complexity index is 818. The van der Waals surface area contributed by atoms with Crippen molar-refractivity contribution in [3.05, 3.63) is 53.6 Å². The number of nitrogens with zero attached hydrogens (tertiary/aromatic N) is 1. The van der Waals surface area contributed by atoms with E-state index >= 15 is 0 Å². The van der Waals surface area contributed by atoms with E-state index in [1.807, 2.05) is 37.3 Å². The Labute approximate surface area is 147 Å². The summed E-state index contributed by atoms with van der Waals surface area (Å²) in [6.45, 7) is 4.07. The lowest BCUT2D eigenvalue weighted by atomic mass is 9.90. The summed E-state index contributed by atoms with van der Waals surface area (Å²) in [6, 6.07) is 13.6. The number of para-hydroxylation sites is 1. The molecule has 2 aliphatic rings. The van der Waals surface area contributed by atoms with Gasteiger partial charge in [0.25, 0.3) is 0 Å². The van der Waals surface area contributed by atoms with Crippen LogP contribution < -0.4 is 19.7 Å². The number of carbonyl (C=O) groups is 1. The number of fused-ring (bicyclic) bond motifs is 4. The number of aryl methyl sites for hydroxylation is 1. The molecule has 1 saturated heterocycles. The number of amides is 2. The first-order chi connectivity index (χ1) is 12.1. The van der Waals surface area contributed by atoms with Crippen LogP contribution in [0.5, 0.6) is 11.5 Å². The number of anilines is 1. The summed E-state index contributed by atoms with van der Waals surface area (Å²) in [5.41, 5.74) is 2.27. The first kappa shape index (κ1) is 15.8. The molecular weight excluding hydrogens is 316 g/mol. The van der Waals surface area contributed by atoms with Gasteiger partial charge in [0.1, 0.15) is 0 Å². The Hall–Kier alpha value is -2.69. The lowest BCUT2D eigenvalue weighted by Crippen LogP contribution is -2.65. The van der Waals surface area contributed by atoms with Crippen LogP contribution in [0.4, 0.5) is 10.5 Å². The molecule has 0 aromatic heterocycles. The number of ether oxygens (including phenoxy) is 2. The molecule has 2 aliphatic heterocycles. The maximum absolute atomic E-state index is 12.8. The number of carbonyl (C=O) groups excluding carboxylic acids is 1. The minimum Gasteiger partial charge on any atom is -0.493 e. The highest BCUT2D eigenvalue weighted by atomic mass is 16.5. The van der Waals surface area contributed by atoms with Crippen molar-refractivity contribution in [1.29, 1.82) is 0 Å². The van der Waals surface area contributed by atoms with Crippen LogP contribution in [0.25, 0.3) is 0 Å². The number of rotatable bonds is 3. The van der Waals surface area contributed by atoms with E-state index in [-0.39, 0.29) is 12.1 Å². The quantitative estimate of drug-likeness (QED) is 0.919. The third-order valence-electron chi connectivity index (χ3n) is 5.09. The Morgan fingerprint density at radius 3 is 2.72 bits per heavy atom. The van der Waals surface area contributed by atoms with Gasteiger partial charge >= 0.3 is 6.03 Å². The van der Waals surface area contributed by atoms with E-state index in [9.17, 15) is 4.79 Å². The summed E-state index contributed by atoms with van der Waals surface area (Å²) < 4.78 is 11.8. The number of benzene rings is 2. The van der Waals surface area contributed by atoms with E-state index in [4.69, 9.17) is 9.47 Å². The smallest absolute Gasteiger partial charge is 0.325 e. The van der Waals surface area contributed by atoms with E-state index in [2.05, 4.69) is 24.4 Å². The molecule has 1 N–H and O–H groups in total. The van der Waals surface area contributed by atoms with Gasteiger partial charge in [0, 0.05) is 17.7 Å². The average molecular weight is 338 g/mol. The highest BCUT2D eigenvalue weighted by Crippen LogP contribution is 2.48. The van der Waals surface area contributed by atoms with Crippen molar-refractivity contribution in [2.75, 3.05) is 12.0 Å². The van der Waals surface area contributed by atoms with Crippen molar-refractivity contribution in [3.63, 3.8) is 0 Å². The van der Waals surface area contributed by atoms with E-state index in [0.717, 1.165) is 17.7 Å². The normalized spacial score (nSPS) is 24.2. The van der Waals surface area contributed by atoms with Crippen molar-refractivity contribution < 1.29 is 14.3 Å². The fraction of sp³-hybridized carbons (Fsp3) is 0.350. The van der Waals surface area contributed by atoms with Crippen molar-refractivity contribution in [2.24, 2.45) is 0 Å². The van der Waals surface area contributed by atoms with E-state index in [1.54, 1.807) is 12.0 Å². The molecule has 1 fully saturated rings. The number of hydrogen-bond acceptors (Lipinski definition) is 3. The van der Waals surface area contributed by atoms with Gasteiger partial charge in [-0.3, -0.25) is 4.90 Å². The second kappa shape index (κ2) is 5.69. The molecule has 2 atom stereocenters. The van der Waals surface area contributed by atoms with Gasteiger partial charge < -0.3 is 14.8 Å². The van der Waals surface area contributed by atoms with E-state index in [0.29, 0.717) is 17.9 Å². The molecule has 25 heavy (non-hydrogen) atoms. The lowest BCUT2D eigenvalue weighted by Gasteiger charge is -2.50. The Balaban J connectivity index is 1.78. The molecule has 2 heterocycles. The maximum atomic E-state index is 12.8. The van der Waals surface area contributed by atoms with Gasteiger partial charge in [0.05, 0.1) is 13.2 Å². The molecule has 2 amide bonds. The second-order valence-corrected chi connectivity index (χ2v) is 6.72. The largest absolute Gasteiger partial charge is 0.493 e. The summed E-state index contributed by atoms with van der Waals surface area (Å²) >= 11 is 0. The third-order valence-corrected chi connectivity index (χ3v) is 5.09. The third kappa shape index (κ3) is 2.42. The molecule has 0 aliphatic carbocycles. The predicted molar refractivity (Wildman–Crippen MR) is 96.2 cm³/mol. The lowest BCUT2D eigenvalue weighted by molar-refractivity contribution is 0.0349. The van der Waals surface area contributed by atoms with Gasteiger partial charge in [-0.2, -0.15) is 0 Å². The topological polar surface area (TPSA) is 50.8 Å². The summed E-state index contributed by atoms with van der Waals surface area (Å²) in [6.07, 6.45) is 1.64. The molecular formula is C20H22N2O3. The Morgan fingerprint density at radius 1 is 1.28 bits per heavy atom. The van der Waals surface area contributed by atoms with E-state index in [1.165, 1.54) is 5.56 Å². The Kier molecular flexibility index (Phi) is 3.60. The van der Waals surface area contributed by atoms with Crippen LogP contribution in [0.15, 0.2) is 42.5 Å². The van der Waals surface area contributed by atoms with Crippen LogP contribution in [0.1, 0.15) is 37.4 Å². The number of methoxy groups -OCH3 is 1. The molecule has 5 heteroatoms. The van der Waals surface area contributed by atoms with Crippen molar-refractivity contribution in [2.45, 2.75) is 38.5 Å². The average Bonchev–Trinajstić information content (AvgIpc) is 2.61. The summed E-state index contributed by atoms with van der Waals surface area (Å²) in [5.74, 6) is 1.39. The molecule has 0 saturated carbocycles. The number of nitrogens with one attached hydrogen (secondary N) is 1. The van der Waals surface area contributed by atoms with Crippen molar-refractivity contribution in [1.82, 2.24) is 5.32 Å². The highest BCUT2D eigenvalue weighted by Gasteiger charge is 2.50. The predicted octanol–water partition coefficient (Wildman–Crippen LogP) is 4.03. The zero-order chi connectivity index (χ0) is 17.6. The number of hydrogen-bond donors (Lipinski definition) is 1. The zero-order valence-corrected chi connectivity index (χ0v) is 14.7. The van der Waals surface area contributed by atoms with Crippen LogP contribution >= 0.6 is 0 Å². The second-order valence-electron chi connectivity index (χ2n) is 6.72. The molecule has 0 radical (unpaired) electrons. The van der Waals surface area contributed by atoms with Gasteiger partial charge in [-0.15, -0.1) is 0 Å².